The molecule has 2 heterocycles. The molecular formula is C19H23N3O2S. The van der Waals surface area contributed by atoms with Crippen LogP contribution in [0.4, 0.5) is 0 Å². The van der Waals surface area contributed by atoms with Crippen molar-refractivity contribution < 1.29 is 9.59 Å². The summed E-state index contributed by atoms with van der Waals surface area (Å²) in [4.78, 5) is 29.6. The van der Waals surface area contributed by atoms with Gasteiger partial charge in [-0.05, 0) is 24.1 Å². The first kappa shape index (κ1) is 17.6. The standard InChI is InChI=1S/C19H23N3O2S/c1-21-11-12-22(16(14-21)15-6-3-2-4-7-15)18(23)9-10-20-19(24)17-8-5-13-25-17/h2-8,13,16H,9-12,14H2,1H3,(H,20,24). The highest BCUT2D eigenvalue weighted by Crippen LogP contribution is 2.25. The van der Waals surface area contributed by atoms with E-state index in [-0.39, 0.29) is 17.9 Å². The molecule has 1 aromatic heterocycles. The average molecular weight is 357 g/mol. The summed E-state index contributed by atoms with van der Waals surface area (Å²) < 4.78 is 0. The first-order valence-corrected chi connectivity index (χ1v) is 9.38. The number of thiophene rings is 1. The van der Waals surface area contributed by atoms with Gasteiger partial charge < -0.3 is 15.1 Å². The fourth-order valence-corrected chi connectivity index (χ4v) is 3.74. The molecule has 0 bridgehead atoms. The number of carbonyl (C=O) groups is 2. The molecular weight excluding hydrogens is 334 g/mol. The molecule has 0 saturated carbocycles. The van der Waals surface area contributed by atoms with Gasteiger partial charge in [-0.3, -0.25) is 9.59 Å². The van der Waals surface area contributed by atoms with Crippen LogP contribution in [-0.4, -0.2) is 54.8 Å². The predicted octanol–water partition coefficient (Wildman–Crippen LogP) is 2.38. The Bertz CT molecular complexity index is 703. The van der Waals surface area contributed by atoms with Crippen LogP contribution < -0.4 is 5.32 Å². The molecule has 1 N–H and O–H groups in total. The second-order valence-corrected chi connectivity index (χ2v) is 7.21. The monoisotopic (exact) mass is 357 g/mol. The molecule has 3 rings (SSSR count). The number of nitrogens with one attached hydrogen (secondary N) is 1. The van der Waals surface area contributed by atoms with Crippen molar-refractivity contribution in [3.05, 3.63) is 58.3 Å². The zero-order chi connectivity index (χ0) is 17.6. The van der Waals surface area contributed by atoms with Crippen molar-refractivity contribution >= 4 is 23.2 Å². The molecule has 1 unspecified atom stereocenters. The molecule has 1 aliphatic rings. The van der Waals surface area contributed by atoms with Crippen LogP contribution in [-0.2, 0) is 4.79 Å². The van der Waals surface area contributed by atoms with Crippen LogP contribution in [0.5, 0.6) is 0 Å². The van der Waals surface area contributed by atoms with Crippen molar-refractivity contribution in [2.24, 2.45) is 0 Å². The maximum Gasteiger partial charge on any atom is 0.261 e. The largest absolute Gasteiger partial charge is 0.351 e. The lowest BCUT2D eigenvalue weighted by atomic mass is 10.0. The van der Waals surface area contributed by atoms with Crippen molar-refractivity contribution in [2.75, 3.05) is 33.2 Å². The van der Waals surface area contributed by atoms with Gasteiger partial charge in [0.25, 0.3) is 5.91 Å². The lowest BCUT2D eigenvalue weighted by Crippen LogP contribution is -2.49. The Morgan fingerprint density at radius 1 is 1.16 bits per heavy atom. The van der Waals surface area contributed by atoms with Crippen molar-refractivity contribution in [3.63, 3.8) is 0 Å². The van der Waals surface area contributed by atoms with E-state index in [0.717, 1.165) is 18.7 Å². The molecule has 2 amide bonds. The highest BCUT2D eigenvalue weighted by molar-refractivity contribution is 7.12. The molecule has 1 fully saturated rings. The zero-order valence-corrected chi connectivity index (χ0v) is 15.2. The molecule has 2 aromatic rings. The minimum absolute atomic E-state index is 0.0699. The highest BCUT2D eigenvalue weighted by Gasteiger charge is 2.29. The van der Waals surface area contributed by atoms with Crippen LogP contribution in [0.25, 0.3) is 0 Å². The van der Waals surface area contributed by atoms with Crippen LogP contribution in [0.2, 0.25) is 0 Å². The molecule has 132 valence electrons. The van der Waals surface area contributed by atoms with E-state index in [1.807, 2.05) is 34.5 Å². The number of piperazine rings is 1. The van der Waals surface area contributed by atoms with Crippen molar-refractivity contribution in [2.45, 2.75) is 12.5 Å². The average Bonchev–Trinajstić information content (AvgIpc) is 3.17. The second kappa shape index (κ2) is 8.27. The van der Waals surface area contributed by atoms with Crippen LogP contribution in [0.15, 0.2) is 47.8 Å². The predicted molar refractivity (Wildman–Crippen MR) is 99.7 cm³/mol. The summed E-state index contributed by atoms with van der Waals surface area (Å²) in [7, 11) is 2.08. The topological polar surface area (TPSA) is 52.6 Å². The van der Waals surface area contributed by atoms with Crippen LogP contribution in [0, 0.1) is 0 Å². The van der Waals surface area contributed by atoms with E-state index < -0.39 is 0 Å². The van der Waals surface area contributed by atoms with Crippen LogP contribution in [0.1, 0.15) is 27.7 Å². The Morgan fingerprint density at radius 3 is 2.68 bits per heavy atom. The first-order valence-electron chi connectivity index (χ1n) is 8.50. The Kier molecular flexibility index (Phi) is 5.83. The lowest BCUT2D eigenvalue weighted by molar-refractivity contribution is -0.136. The zero-order valence-electron chi connectivity index (χ0n) is 14.4. The van der Waals surface area contributed by atoms with Gasteiger partial charge in [0.1, 0.15) is 0 Å². The van der Waals surface area contributed by atoms with Gasteiger partial charge in [0.2, 0.25) is 5.91 Å². The minimum Gasteiger partial charge on any atom is -0.351 e. The van der Waals surface area contributed by atoms with Gasteiger partial charge >= 0.3 is 0 Å². The maximum absolute atomic E-state index is 12.7. The number of nitrogens with zero attached hydrogens (tertiary/aromatic N) is 2. The quantitative estimate of drug-likeness (QED) is 0.894. The van der Waals surface area contributed by atoms with E-state index in [1.165, 1.54) is 11.3 Å². The third-order valence-electron chi connectivity index (χ3n) is 4.46. The second-order valence-electron chi connectivity index (χ2n) is 6.26. The molecule has 0 aliphatic carbocycles. The van der Waals surface area contributed by atoms with E-state index in [4.69, 9.17) is 0 Å². The summed E-state index contributed by atoms with van der Waals surface area (Å²) in [6, 6.07) is 13.9. The molecule has 5 nitrogen and oxygen atoms in total. The summed E-state index contributed by atoms with van der Waals surface area (Å²) in [5, 5.41) is 4.70. The summed E-state index contributed by atoms with van der Waals surface area (Å²) in [5.74, 6) is -0.0192. The summed E-state index contributed by atoms with van der Waals surface area (Å²) in [6.07, 6.45) is 0.324. The summed E-state index contributed by atoms with van der Waals surface area (Å²) in [5.41, 5.74) is 1.16. The van der Waals surface area contributed by atoms with Crippen LogP contribution in [0.3, 0.4) is 0 Å². The Morgan fingerprint density at radius 2 is 1.96 bits per heavy atom. The van der Waals surface area contributed by atoms with Gasteiger partial charge in [-0.1, -0.05) is 36.4 Å². The molecule has 1 saturated heterocycles. The number of benzene rings is 1. The number of hydrogen-bond acceptors (Lipinski definition) is 4. The van der Waals surface area contributed by atoms with Crippen molar-refractivity contribution in [1.82, 2.24) is 15.1 Å². The third kappa shape index (κ3) is 4.46. The smallest absolute Gasteiger partial charge is 0.261 e. The van der Waals surface area contributed by atoms with Gasteiger partial charge in [0.05, 0.1) is 10.9 Å². The maximum atomic E-state index is 12.7. The van der Waals surface area contributed by atoms with Crippen molar-refractivity contribution in [3.8, 4) is 0 Å². The minimum atomic E-state index is -0.110. The number of rotatable bonds is 5. The molecule has 6 heteroatoms. The fourth-order valence-electron chi connectivity index (χ4n) is 3.10. The molecule has 1 atom stereocenters. The first-order chi connectivity index (χ1) is 12.1. The number of hydrogen-bond donors (Lipinski definition) is 1. The van der Waals surface area contributed by atoms with Gasteiger partial charge in [-0.25, -0.2) is 0 Å². The molecule has 0 spiro atoms. The van der Waals surface area contributed by atoms with E-state index in [0.29, 0.717) is 24.4 Å². The van der Waals surface area contributed by atoms with E-state index in [2.05, 4.69) is 29.4 Å². The summed E-state index contributed by atoms with van der Waals surface area (Å²) in [6.45, 7) is 2.78. The highest BCUT2D eigenvalue weighted by atomic mass is 32.1. The summed E-state index contributed by atoms with van der Waals surface area (Å²) >= 11 is 1.40. The van der Waals surface area contributed by atoms with Gasteiger partial charge in [0, 0.05) is 32.6 Å². The van der Waals surface area contributed by atoms with E-state index in [9.17, 15) is 9.59 Å². The number of amides is 2. The van der Waals surface area contributed by atoms with Gasteiger partial charge in [0.15, 0.2) is 0 Å². The van der Waals surface area contributed by atoms with E-state index in [1.54, 1.807) is 6.07 Å². The Hall–Kier alpha value is -2.18. The lowest BCUT2D eigenvalue weighted by Gasteiger charge is -2.40. The third-order valence-corrected chi connectivity index (χ3v) is 5.33. The normalized spacial score (nSPS) is 18.1. The van der Waals surface area contributed by atoms with Gasteiger partial charge in [-0.2, -0.15) is 0 Å². The SMILES string of the molecule is CN1CCN(C(=O)CCNC(=O)c2cccs2)C(c2ccccc2)C1. The Labute approximate surface area is 152 Å². The van der Waals surface area contributed by atoms with Gasteiger partial charge in [-0.15, -0.1) is 11.3 Å². The molecule has 1 aromatic carbocycles. The fraction of sp³-hybridized carbons (Fsp3) is 0.368. The Balaban J connectivity index is 1.58. The van der Waals surface area contributed by atoms with Crippen molar-refractivity contribution in [1.29, 1.82) is 0 Å². The molecule has 1 aliphatic heterocycles. The molecule has 0 radical (unpaired) electrons. The molecule has 25 heavy (non-hydrogen) atoms. The van der Waals surface area contributed by atoms with E-state index >= 15 is 0 Å². The van der Waals surface area contributed by atoms with Crippen LogP contribution >= 0.6 is 11.3 Å². The number of carbonyl (C=O) groups excluding carboxylic acids is 2. The number of likely N-dealkylation sites (N-methyl/N-ethyl adjacent to an activating group) is 1.